The molecule has 0 spiro atoms. The van der Waals surface area contributed by atoms with Gasteiger partial charge in [-0.3, -0.25) is 4.18 Å². The van der Waals surface area contributed by atoms with Crippen molar-refractivity contribution in [3.8, 4) is 0 Å². The average molecular weight is 220 g/mol. The number of aliphatic hydroxyl groups is 1. The highest BCUT2D eigenvalue weighted by Crippen LogP contribution is 1.99. The van der Waals surface area contributed by atoms with Crippen LogP contribution in [0.1, 0.15) is 13.3 Å². The Morgan fingerprint density at radius 1 is 1.58 bits per heavy atom. The van der Waals surface area contributed by atoms with Crippen molar-refractivity contribution >= 4 is 22.5 Å². The van der Waals surface area contributed by atoms with Gasteiger partial charge < -0.3 is 10.8 Å². The quantitative estimate of drug-likeness (QED) is 0.489. The van der Waals surface area contributed by atoms with E-state index in [0.29, 0.717) is 0 Å². The van der Waals surface area contributed by atoms with Gasteiger partial charge in [0.05, 0.1) is 12.4 Å². The second-order valence-corrected chi connectivity index (χ2v) is 4.02. The molecule has 0 amide bonds. The molecule has 0 aliphatic heterocycles. The first-order valence-electron chi connectivity index (χ1n) is 3.13. The summed E-state index contributed by atoms with van der Waals surface area (Å²) >= 11 is 0. The van der Waals surface area contributed by atoms with Gasteiger partial charge in [-0.05, 0) is 6.92 Å². The van der Waals surface area contributed by atoms with Gasteiger partial charge in [-0.25, -0.2) is 0 Å². The van der Waals surface area contributed by atoms with Gasteiger partial charge in [0.15, 0.2) is 0 Å². The maximum absolute atomic E-state index is 10.4. The Bertz CT molecular complexity index is 203. The molecule has 2 unspecified atom stereocenters. The van der Waals surface area contributed by atoms with Crippen LogP contribution in [-0.2, 0) is 14.3 Å². The number of nitrogens with two attached hydrogens (primary N) is 1. The van der Waals surface area contributed by atoms with E-state index in [9.17, 15) is 8.42 Å². The van der Waals surface area contributed by atoms with Crippen molar-refractivity contribution in [1.29, 1.82) is 0 Å². The summed E-state index contributed by atoms with van der Waals surface area (Å²) in [5, 5.41) is 8.76. The SMILES string of the molecule is CC(O)CC(N)OS(C)(=O)=O.Cl. The minimum absolute atomic E-state index is 0. The number of aliphatic hydroxyl groups excluding tert-OH is 1. The normalized spacial score (nSPS) is 16.3. The fourth-order valence-electron chi connectivity index (χ4n) is 0.600. The lowest BCUT2D eigenvalue weighted by atomic mass is 10.3. The van der Waals surface area contributed by atoms with Gasteiger partial charge in [-0.1, -0.05) is 0 Å². The van der Waals surface area contributed by atoms with Gasteiger partial charge in [0.1, 0.15) is 6.23 Å². The summed E-state index contributed by atoms with van der Waals surface area (Å²) in [5.41, 5.74) is 5.20. The lowest BCUT2D eigenvalue weighted by Gasteiger charge is -2.11. The molecule has 0 heterocycles. The molecule has 0 aromatic heterocycles. The van der Waals surface area contributed by atoms with Crippen LogP contribution in [-0.4, -0.2) is 32.1 Å². The third-order valence-corrected chi connectivity index (χ3v) is 1.47. The van der Waals surface area contributed by atoms with E-state index in [1.807, 2.05) is 0 Å². The van der Waals surface area contributed by atoms with E-state index < -0.39 is 22.4 Å². The van der Waals surface area contributed by atoms with Gasteiger partial charge in [0.25, 0.3) is 10.1 Å². The molecule has 0 radical (unpaired) electrons. The summed E-state index contributed by atoms with van der Waals surface area (Å²) in [6.07, 6.45) is -0.598. The van der Waals surface area contributed by atoms with Crippen molar-refractivity contribution in [1.82, 2.24) is 0 Å². The van der Waals surface area contributed by atoms with Crippen molar-refractivity contribution in [2.45, 2.75) is 25.7 Å². The Morgan fingerprint density at radius 2 is 2.00 bits per heavy atom. The molecule has 0 aromatic carbocycles. The van der Waals surface area contributed by atoms with Crippen LogP contribution in [0.25, 0.3) is 0 Å². The lowest BCUT2D eigenvalue weighted by molar-refractivity contribution is 0.114. The Labute approximate surface area is 78.4 Å². The van der Waals surface area contributed by atoms with Crippen LogP contribution < -0.4 is 5.73 Å². The summed E-state index contributed by atoms with van der Waals surface area (Å²) < 4.78 is 25.2. The summed E-state index contributed by atoms with van der Waals surface area (Å²) in [7, 11) is -3.51. The molecule has 76 valence electrons. The second-order valence-electron chi connectivity index (χ2n) is 2.42. The zero-order valence-corrected chi connectivity index (χ0v) is 8.56. The predicted molar refractivity (Wildman–Crippen MR) is 47.5 cm³/mol. The maximum Gasteiger partial charge on any atom is 0.265 e. The highest BCUT2D eigenvalue weighted by Gasteiger charge is 2.12. The molecule has 3 N–H and O–H groups in total. The van der Waals surface area contributed by atoms with E-state index in [1.54, 1.807) is 0 Å². The Kier molecular flexibility index (Phi) is 6.97. The molecule has 0 saturated carbocycles. The monoisotopic (exact) mass is 219 g/mol. The highest BCUT2D eigenvalue weighted by atomic mass is 35.5. The van der Waals surface area contributed by atoms with E-state index >= 15 is 0 Å². The number of hydrogen-bond acceptors (Lipinski definition) is 5. The van der Waals surface area contributed by atoms with Gasteiger partial charge in [-0.15, -0.1) is 12.4 Å². The fraction of sp³-hybridized carbons (Fsp3) is 1.00. The van der Waals surface area contributed by atoms with Crippen molar-refractivity contribution in [3.63, 3.8) is 0 Å². The lowest BCUT2D eigenvalue weighted by Crippen LogP contribution is -2.30. The van der Waals surface area contributed by atoms with Gasteiger partial charge in [-0.2, -0.15) is 8.42 Å². The summed E-state index contributed by atoms with van der Waals surface area (Å²) in [5.74, 6) is 0. The van der Waals surface area contributed by atoms with E-state index in [1.165, 1.54) is 6.92 Å². The average Bonchev–Trinajstić information content (AvgIpc) is 1.53. The van der Waals surface area contributed by atoms with Crippen LogP contribution >= 0.6 is 12.4 Å². The first-order chi connectivity index (χ1) is 4.81. The largest absolute Gasteiger partial charge is 0.393 e. The van der Waals surface area contributed by atoms with Crippen LogP contribution in [0.15, 0.2) is 0 Å². The summed E-state index contributed by atoms with van der Waals surface area (Å²) in [6, 6.07) is 0. The topological polar surface area (TPSA) is 89.6 Å². The molecule has 0 rings (SSSR count). The first kappa shape index (κ1) is 14.6. The molecule has 0 fully saturated rings. The number of hydrogen-bond donors (Lipinski definition) is 2. The predicted octanol–water partition coefficient (Wildman–Crippen LogP) is -0.560. The van der Waals surface area contributed by atoms with Gasteiger partial charge in [0, 0.05) is 6.42 Å². The van der Waals surface area contributed by atoms with E-state index in [4.69, 9.17) is 10.8 Å². The van der Waals surface area contributed by atoms with Crippen molar-refractivity contribution < 1.29 is 17.7 Å². The third-order valence-electron chi connectivity index (χ3n) is 0.872. The molecule has 0 bridgehead atoms. The fourth-order valence-corrected chi connectivity index (χ4v) is 1.13. The standard InChI is InChI=1S/C5H13NO4S.ClH/c1-4(7)3-5(6)10-11(2,8)9;/h4-5,7H,3,6H2,1-2H3;1H. The molecule has 0 aromatic rings. The smallest absolute Gasteiger partial charge is 0.265 e. The molecule has 12 heavy (non-hydrogen) atoms. The highest BCUT2D eigenvalue weighted by molar-refractivity contribution is 7.86. The summed E-state index contributed by atoms with van der Waals surface area (Å²) in [6.45, 7) is 1.51. The van der Waals surface area contributed by atoms with Crippen LogP contribution in [0, 0.1) is 0 Å². The third kappa shape index (κ3) is 10.1. The Balaban J connectivity index is 0. The Hall–Kier alpha value is 0.120. The first-order valence-corrected chi connectivity index (χ1v) is 4.95. The van der Waals surface area contributed by atoms with E-state index in [0.717, 1.165) is 6.26 Å². The van der Waals surface area contributed by atoms with Crippen LogP contribution in [0.3, 0.4) is 0 Å². The minimum atomic E-state index is -3.51. The van der Waals surface area contributed by atoms with Crippen molar-refractivity contribution in [3.05, 3.63) is 0 Å². The zero-order chi connectivity index (χ0) is 9.07. The van der Waals surface area contributed by atoms with E-state index in [2.05, 4.69) is 4.18 Å². The minimum Gasteiger partial charge on any atom is -0.393 e. The van der Waals surface area contributed by atoms with Crippen molar-refractivity contribution in [2.75, 3.05) is 6.26 Å². The maximum atomic E-state index is 10.4. The van der Waals surface area contributed by atoms with Crippen molar-refractivity contribution in [2.24, 2.45) is 5.73 Å². The van der Waals surface area contributed by atoms with Crippen LogP contribution in [0.5, 0.6) is 0 Å². The van der Waals surface area contributed by atoms with E-state index in [-0.39, 0.29) is 18.8 Å². The zero-order valence-electron chi connectivity index (χ0n) is 6.93. The molecule has 0 aliphatic carbocycles. The molecule has 5 nitrogen and oxygen atoms in total. The van der Waals surface area contributed by atoms with Crippen LogP contribution in [0.2, 0.25) is 0 Å². The van der Waals surface area contributed by atoms with Crippen LogP contribution in [0.4, 0.5) is 0 Å². The summed E-state index contributed by atoms with van der Waals surface area (Å²) in [4.78, 5) is 0. The molecule has 0 aliphatic rings. The van der Waals surface area contributed by atoms with Gasteiger partial charge in [0.2, 0.25) is 0 Å². The molecule has 0 saturated heterocycles. The number of halogens is 1. The molecular weight excluding hydrogens is 206 g/mol. The number of rotatable bonds is 4. The Morgan fingerprint density at radius 3 is 2.25 bits per heavy atom. The molecule has 7 heteroatoms. The molecule has 2 atom stereocenters. The second kappa shape index (κ2) is 5.71. The van der Waals surface area contributed by atoms with Gasteiger partial charge >= 0.3 is 0 Å². The molecular formula is C5H14ClNO4S.